The fraction of sp³-hybridized carbons (Fsp3) is 0.167. The van der Waals surface area contributed by atoms with Crippen LogP contribution in [-0.2, 0) is 4.79 Å². The smallest absolute Gasteiger partial charge is 0.318 e. The Balaban J connectivity index is 1.90. The van der Waals surface area contributed by atoms with Crippen LogP contribution in [0.5, 0.6) is 0 Å². The van der Waals surface area contributed by atoms with Gasteiger partial charge in [0, 0.05) is 24.0 Å². The Bertz CT molecular complexity index is 745. The molecule has 2 rings (SSSR count). The van der Waals surface area contributed by atoms with Crippen LogP contribution in [0.4, 0.5) is 16.2 Å². The molecule has 2 aromatic rings. The van der Waals surface area contributed by atoms with Crippen molar-refractivity contribution in [1.29, 1.82) is 0 Å². The maximum Gasteiger partial charge on any atom is 0.318 e. The van der Waals surface area contributed by atoms with Crippen molar-refractivity contribution in [3.8, 4) is 0 Å². The highest BCUT2D eigenvalue weighted by atomic mass is 16.2. The molecule has 130 valence electrons. The number of amides is 4. The SMILES string of the molecule is CNC(=O)Nc1ccc(NC(=O)C(C)NC(=O)c2ccccc2)cc1. The highest BCUT2D eigenvalue weighted by Crippen LogP contribution is 2.13. The third-order valence-corrected chi connectivity index (χ3v) is 3.41. The predicted octanol–water partition coefficient (Wildman–Crippen LogP) is 2.19. The zero-order valence-corrected chi connectivity index (χ0v) is 14.0. The summed E-state index contributed by atoms with van der Waals surface area (Å²) in [6.45, 7) is 1.61. The monoisotopic (exact) mass is 340 g/mol. The lowest BCUT2D eigenvalue weighted by atomic mass is 10.2. The summed E-state index contributed by atoms with van der Waals surface area (Å²) >= 11 is 0. The molecule has 7 nitrogen and oxygen atoms in total. The molecule has 0 heterocycles. The molecule has 25 heavy (non-hydrogen) atoms. The summed E-state index contributed by atoms with van der Waals surface area (Å²) in [4.78, 5) is 35.5. The molecular weight excluding hydrogens is 320 g/mol. The van der Waals surface area contributed by atoms with E-state index in [0.29, 0.717) is 16.9 Å². The molecule has 0 aromatic heterocycles. The number of rotatable bonds is 5. The molecule has 0 aliphatic heterocycles. The van der Waals surface area contributed by atoms with Crippen molar-refractivity contribution in [3.05, 3.63) is 60.2 Å². The number of urea groups is 1. The van der Waals surface area contributed by atoms with E-state index in [1.165, 1.54) is 7.05 Å². The van der Waals surface area contributed by atoms with E-state index in [9.17, 15) is 14.4 Å². The predicted molar refractivity (Wildman–Crippen MR) is 96.5 cm³/mol. The van der Waals surface area contributed by atoms with Crippen LogP contribution in [0, 0.1) is 0 Å². The highest BCUT2D eigenvalue weighted by molar-refractivity contribution is 6.01. The molecule has 0 radical (unpaired) electrons. The first-order valence-electron chi connectivity index (χ1n) is 7.75. The van der Waals surface area contributed by atoms with Crippen LogP contribution in [-0.4, -0.2) is 30.9 Å². The van der Waals surface area contributed by atoms with Crippen molar-refractivity contribution < 1.29 is 14.4 Å². The molecule has 0 saturated carbocycles. The van der Waals surface area contributed by atoms with Crippen molar-refractivity contribution >= 4 is 29.2 Å². The van der Waals surface area contributed by atoms with E-state index >= 15 is 0 Å². The van der Waals surface area contributed by atoms with E-state index < -0.39 is 6.04 Å². The Labute approximate surface area is 145 Å². The van der Waals surface area contributed by atoms with Crippen LogP contribution in [0.15, 0.2) is 54.6 Å². The summed E-state index contributed by atoms with van der Waals surface area (Å²) in [5.74, 6) is -0.648. The minimum atomic E-state index is -0.698. The normalized spacial score (nSPS) is 11.1. The van der Waals surface area contributed by atoms with Crippen LogP contribution in [0.2, 0.25) is 0 Å². The fourth-order valence-electron chi connectivity index (χ4n) is 2.02. The number of benzene rings is 2. The van der Waals surface area contributed by atoms with Crippen molar-refractivity contribution in [1.82, 2.24) is 10.6 Å². The standard InChI is InChI=1S/C18H20N4O3/c1-12(20-17(24)13-6-4-3-5-7-13)16(23)21-14-8-10-15(11-9-14)22-18(25)19-2/h3-12H,1-2H3,(H,20,24)(H,21,23)(H2,19,22,25). The van der Waals surface area contributed by atoms with Gasteiger partial charge in [0.2, 0.25) is 5.91 Å². The molecule has 4 N–H and O–H groups in total. The Hall–Kier alpha value is -3.35. The van der Waals surface area contributed by atoms with Crippen LogP contribution in [0.25, 0.3) is 0 Å². The zero-order chi connectivity index (χ0) is 18.2. The second-order valence-electron chi connectivity index (χ2n) is 5.33. The zero-order valence-electron chi connectivity index (χ0n) is 14.0. The lowest BCUT2D eigenvalue weighted by Crippen LogP contribution is -2.41. The van der Waals surface area contributed by atoms with E-state index in [0.717, 1.165) is 0 Å². The lowest BCUT2D eigenvalue weighted by molar-refractivity contribution is -0.117. The Morgan fingerprint density at radius 2 is 1.40 bits per heavy atom. The highest BCUT2D eigenvalue weighted by Gasteiger charge is 2.16. The maximum atomic E-state index is 12.2. The van der Waals surface area contributed by atoms with Gasteiger partial charge in [0.15, 0.2) is 0 Å². The van der Waals surface area contributed by atoms with Gasteiger partial charge in [-0.15, -0.1) is 0 Å². The van der Waals surface area contributed by atoms with Gasteiger partial charge in [-0.1, -0.05) is 18.2 Å². The van der Waals surface area contributed by atoms with Gasteiger partial charge in [0.05, 0.1) is 0 Å². The summed E-state index contributed by atoms with van der Waals surface area (Å²) in [6.07, 6.45) is 0. The van der Waals surface area contributed by atoms with Gasteiger partial charge >= 0.3 is 6.03 Å². The first-order chi connectivity index (χ1) is 12.0. The first-order valence-corrected chi connectivity index (χ1v) is 7.75. The van der Waals surface area contributed by atoms with E-state index in [2.05, 4.69) is 21.3 Å². The van der Waals surface area contributed by atoms with Gasteiger partial charge in [-0.3, -0.25) is 9.59 Å². The number of hydrogen-bond acceptors (Lipinski definition) is 3. The quantitative estimate of drug-likeness (QED) is 0.671. The van der Waals surface area contributed by atoms with Crippen LogP contribution in [0.3, 0.4) is 0 Å². The Kier molecular flexibility index (Phi) is 6.11. The summed E-state index contributed by atoms with van der Waals surface area (Å²) in [5.41, 5.74) is 1.66. The van der Waals surface area contributed by atoms with Crippen LogP contribution < -0.4 is 21.3 Å². The Morgan fingerprint density at radius 3 is 1.96 bits per heavy atom. The topological polar surface area (TPSA) is 99.3 Å². The number of anilines is 2. The minimum Gasteiger partial charge on any atom is -0.341 e. The van der Waals surface area contributed by atoms with Gasteiger partial charge in [0.25, 0.3) is 5.91 Å². The second-order valence-corrected chi connectivity index (χ2v) is 5.33. The third kappa shape index (κ3) is 5.35. The number of hydrogen-bond donors (Lipinski definition) is 4. The van der Waals surface area contributed by atoms with E-state index in [1.54, 1.807) is 55.5 Å². The van der Waals surface area contributed by atoms with Gasteiger partial charge in [-0.2, -0.15) is 0 Å². The van der Waals surface area contributed by atoms with Crippen molar-refractivity contribution in [3.63, 3.8) is 0 Å². The minimum absolute atomic E-state index is 0.312. The molecule has 2 aromatic carbocycles. The first kappa shape index (κ1) is 18.0. The molecular formula is C18H20N4O3. The van der Waals surface area contributed by atoms with E-state index in [4.69, 9.17) is 0 Å². The van der Waals surface area contributed by atoms with Crippen molar-refractivity contribution in [2.45, 2.75) is 13.0 Å². The van der Waals surface area contributed by atoms with Crippen molar-refractivity contribution in [2.75, 3.05) is 17.7 Å². The average Bonchev–Trinajstić information content (AvgIpc) is 2.63. The molecule has 1 atom stereocenters. The molecule has 0 aliphatic carbocycles. The molecule has 0 saturated heterocycles. The molecule has 0 spiro atoms. The van der Waals surface area contributed by atoms with Gasteiger partial charge in [-0.05, 0) is 43.3 Å². The second kappa shape index (κ2) is 8.49. The third-order valence-electron chi connectivity index (χ3n) is 3.41. The molecule has 4 amide bonds. The van der Waals surface area contributed by atoms with E-state index in [1.807, 2.05) is 6.07 Å². The molecule has 1 unspecified atom stereocenters. The molecule has 7 heteroatoms. The van der Waals surface area contributed by atoms with Crippen LogP contribution >= 0.6 is 0 Å². The maximum absolute atomic E-state index is 12.2. The summed E-state index contributed by atoms with van der Waals surface area (Å²) in [7, 11) is 1.52. The van der Waals surface area contributed by atoms with Gasteiger partial charge < -0.3 is 21.3 Å². The molecule has 0 bridgehead atoms. The molecule has 0 fully saturated rings. The lowest BCUT2D eigenvalue weighted by Gasteiger charge is -2.14. The fourth-order valence-corrected chi connectivity index (χ4v) is 2.02. The largest absolute Gasteiger partial charge is 0.341 e. The summed E-state index contributed by atoms with van der Waals surface area (Å²) < 4.78 is 0. The number of carbonyl (C=O) groups is 3. The van der Waals surface area contributed by atoms with Gasteiger partial charge in [-0.25, -0.2) is 4.79 Å². The summed E-state index contributed by atoms with van der Waals surface area (Å²) in [6, 6.07) is 14.3. The van der Waals surface area contributed by atoms with Gasteiger partial charge in [0.1, 0.15) is 6.04 Å². The Morgan fingerprint density at radius 1 is 0.840 bits per heavy atom. The van der Waals surface area contributed by atoms with Crippen LogP contribution in [0.1, 0.15) is 17.3 Å². The van der Waals surface area contributed by atoms with E-state index in [-0.39, 0.29) is 17.8 Å². The average molecular weight is 340 g/mol. The van der Waals surface area contributed by atoms with Crippen molar-refractivity contribution in [2.24, 2.45) is 0 Å². The molecule has 0 aliphatic rings. The summed E-state index contributed by atoms with van der Waals surface area (Å²) in [5, 5.41) is 10.4. The number of carbonyl (C=O) groups excluding carboxylic acids is 3. The number of nitrogens with one attached hydrogen (secondary N) is 4.